The molecule has 0 aromatic heterocycles. The number of benzene rings is 3. The molecule has 0 radical (unpaired) electrons. The number of hydrogen-bond acceptors (Lipinski definition) is 7. The van der Waals surface area contributed by atoms with Gasteiger partial charge in [0.05, 0.1) is 43.4 Å². The van der Waals surface area contributed by atoms with Crippen LogP contribution in [0, 0.1) is 6.92 Å². The van der Waals surface area contributed by atoms with E-state index in [1.807, 2.05) is 61.5 Å². The molecule has 192 valence electrons. The maximum Gasteiger partial charge on any atom is 0.249 e. The smallest absolute Gasteiger partial charge is 0.249 e. The Balaban J connectivity index is 1.23. The Kier molecular flexibility index (Phi) is 7.39. The number of Topliss-reactive ketones (excluding diaryl/α,β-unsaturated/α-hetero) is 1. The van der Waals surface area contributed by atoms with E-state index in [9.17, 15) is 9.59 Å². The van der Waals surface area contributed by atoms with Crippen LogP contribution in [-0.4, -0.2) is 57.1 Å². The van der Waals surface area contributed by atoms with Crippen molar-refractivity contribution >= 4 is 28.8 Å². The first-order valence-electron chi connectivity index (χ1n) is 12.5. The molecule has 2 heterocycles. The van der Waals surface area contributed by atoms with Crippen molar-refractivity contribution in [2.45, 2.75) is 25.6 Å². The van der Waals surface area contributed by atoms with E-state index in [1.54, 1.807) is 19.2 Å². The van der Waals surface area contributed by atoms with E-state index in [2.05, 4.69) is 20.9 Å². The lowest BCUT2D eigenvalue weighted by Crippen LogP contribution is -2.54. The number of fused-ring (bicyclic) bond motifs is 1. The van der Waals surface area contributed by atoms with E-state index < -0.39 is 6.04 Å². The van der Waals surface area contributed by atoms with Gasteiger partial charge < -0.3 is 30.3 Å². The number of aryl methyl sites for hydroxylation is 1. The first kappa shape index (κ1) is 24.8. The van der Waals surface area contributed by atoms with Crippen molar-refractivity contribution < 1.29 is 19.1 Å². The van der Waals surface area contributed by atoms with Crippen molar-refractivity contribution in [3.63, 3.8) is 0 Å². The first-order chi connectivity index (χ1) is 18.0. The number of piperazine rings is 1. The Labute approximate surface area is 217 Å². The van der Waals surface area contributed by atoms with Crippen LogP contribution >= 0.6 is 0 Å². The number of methoxy groups -OCH3 is 1. The lowest BCUT2D eigenvalue weighted by molar-refractivity contribution is -0.118. The summed E-state index contributed by atoms with van der Waals surface area (Å²) in [4.78, 5) is 28.3. The summed E-state index contributed by atoms with van der Waals surface area (Å²) >= 11 is 0. The number of amides is 1. The van der Waals surface area contributed by atoms with Crippen molar-refractivity contribution in [2.24, 2.45) is 0 Å². The van der Waals surface area contributed by atoms with Crippen LogP contribution in [0.5, 0.6) is 5.75 Å². The van der Waals surface area contributed by atoms with Crippen LogP contribution in [0.3, 0.4) is 0 Å². The molecule has 2 atom stereocenters. The lowest BCUT2D eigenvalue weighted by Gasteiger charge is -2.35. The molecule has 2 aliphatic rings. The van der Waals surface area contributed by atoms with Crippen LogP contribution in [0.2, 0.25) is 0 Å². The van der Waals surface area contributed by atoms with Gasteiger partial charge in [-0.25, -0.2) is 0 Å². The second-order valence-electron chi connectivity index (χ2n) is 9.38. The number of nitrogens with zero attached hydrogens (tertiary/aromatic N) is 1. The molecular formula is C29H32N4O4. The number of carbonyl (C=O) groups is 2. The van der Waals surface area contributed by atoms with Crippen LogP contribution in [0.1, 0.15) is 21.5 Å². The van der Waals surface area contributed by atoms with E-state index in [4.69, 9.17) is 9.47 Å². The second kappa shape index (κ2) is 11.0. The predicted octanol–water partition coefficient (Wildman–Crippen LogP) is 3.61. The second-order valence-corrected chi connectivity index (χ2v) is 9.38. The highest BCUT2D eigenvalue weighted by Crippen LogP contribution is 2.31. The summed E-state index contributed by atoms with van der Waals surface area (Å²) in [6, 6.07) is 20.4. The fraction of sp³-hybridized carbons (Fsp3) is 0.310. The molecule has 8 heteroatoms. The maximum atomic E-state index is 13.4. The number of para-hydroxylation sites is 2. The van der Waals surface area contributed by atoms with Crippen LogP contribution in [0.25, 0.3) is 0 Å². The highest BCUT2D eigenvalue weighted by atomic mass is 16.5. The molecule has 5 rings (SSSR count). The van der Waals surface area contributed by atoms with Gasteiger partial charge in [-0.2, -0.15) is 0 Å². The molecule has 2 aliphatic heterocycles. The van der Waals surface area contributed by atoms with Crippen LogP contribution in [-0.2, 0) is 16.1 Å². The minimum atomic E-state index is -0.507. The number of anilines is 3. The molecular weight excluding hydrogens is 468 g/mol. The summed E-state index contributed by atoms with van der Waals surface area (Å²) in [6.45, 7) is 4.71. The molecule has 1 fully saturated rings. The summed E-state index contributed by atoms with van der Waals surface area (Å²) in [5.74, 6) is 0.593. The average Bonchev–Trinajstić information content (AvgIpc) is 2.93. The van der Waals surface area contributed by atoms with E-state index in [0.717, 1.165) is 34.8 Å². The molecule has 1 amide bonds. The number of ether oxygens (including phenoxy) is 2. The Morgan fingerprint density at radius 1 is 1.05 bits per heavy atom. The Morgan fingerprint density at radius 2 is 1.86 bits per heavy atom. The summed E-state index contributed by atoms with van der Waals surface area (Å²) in [5, 5.41) is 9.52. The molecule has 3 aromatic carbocycles. The SMILES string of the molecule is COc1ccccc1N1CCNC(C(=O)c2ccc3c(c2)NC(=O)C(COCc2ccccc2C)N3)C1. The van der Waals surface area contributed by atoms with Crippen LogP contribution in [0.4, 0.5) is 17.1 Å². The monoisotopic (exact) mass is 500 g/mol. The van der Waals surface area contributed by atoms with E-state index in [-0.39, 0.29) is 24.3 Å². The zero-order valence-electron chi connectivity index (χ0n) is 21.1. The van der Waals surface area contributed by atoms with Gasteiger partial charge in [0.1, 0.15) is 11.8 Å². The van der Waals surface area contributed by atoms with Gasteiger partial charge in [-0.15, -0.1) is 0 Å². The van der Waals surface area contributed by atoms with Crippen LogP contribution < -0.4 is 25.6 Å². The van der Waals surface area contributed by atoms with Crippen LogP contribution in [0.15, 0.2) is 66.7 Å². The van der Waals surface area contributed by atoms with Gasteiger partial charge in [0.25, 0.3) is 0 Å². The standard InChI is InChI=1S/C29H32N4O4/c1-19-7-3-4-8-21(19)17-37-18-25-29(35)32-23-15-20(11-12-22(23)31-25)28(34)24-16-33(14-13-30-24)26-9-5-6-10-27(26)36-2/h3-12,15,24-25,30-31H,13-14,16-18H2,1-2H3,(H,32,35). The molecule has 0 saturated carbocycles. The fourth-order valence-electron chi connectivity index (χ4n) is 4.81. The molecule has 8 nitrogen and oxygen atoms in total. The summed E-state index contributed by atoms with van der Waals surface area (Å²) in [6.07, 6.45) is 0. The Hall–Kier alpha value is -3.88. The lowest BCUT2D eigenvalue weighted by atomic mass is 9.99. The fourth-order valence-corrected chi connectivity index (χ4v) is 4.81. The highest BCUT2D eigenvalue weighted by Gasteiger charge is 2.30. The van der Waals surface area contributed by atoms with Gasteiger partial charge in [-0.1, -0.05) is 36.4 Å². The third-order valence-corrected chi connectivity index (χ3v) is 6.93. The topological polar surface area (TPSA) is 91.9 Å². The van der Waals surface area contributed by atoms with Crippen molar-refractivity contribution in [3.8, 4) is 5.75 Å². The van der Waals surface area contributed by atoms with Crippen molar-refractivity contribution in [2.75, 3.05) is 48.9 Å². The number of hydrogen-bond donors (Lipinski definition) is 3. The molecule has 1 saturated heterocycles. The molecule has 0 bridgehead atoms. The minimum Gasteiger partial charge on any atom is -0.495 e. The molecule has 0 spiro atoms. The molecule has 0 aliphatic carbocycles. The van der Waals surface area contributed by atoms with E-state index >= 15 is 0 Å². The molecule has 37 heavy (non-hydrogen) atoms. The van der Waals surface area contributed by atoms with Gasteiger partial charge in [0.15, 0.2) is 5.78 Å². The average molecular weight is 501 g/mol. The summed E-state index contributed by atoms with van der Waals surface area (Å²) < 4.78 is 11.3. The van der Waals surface area contributed by atoms with Crippen molar-refractivity contribution in [3.05, 3.63) is 83.4 Å². The normalized spacial score (nSPS) is 19.0. The Morgan fingerprint density at radius 3 is 2.70 bits per heavy atom. The zero-order valence-corrected chi connectivity index (χ0v) is 21.1. The number of nitrogens with one attached hydrogen (secondary N) is 3. The minimum absolute atomic E-state index is 0.0136. The maximum absolute atomic E-state index is 13.4. The summed E-state index contributed by atoms with van der Waals surface area (Å²) in [7, 11) is 1.65. The van der Waals surface area contributed by atoms with Gasteiger partial charge in [0, 0.05) is 25.2 Å². The van der Waals surface area contributed by atoms with Gasteiger partial charge in [-0.3, -0.25) is 9.59 Å². The zero-order chi connectivity index (χ0) is 25.8. The first-order valence-corrected chi connectivity index (χ1v) is 12.5. The largest absolute Gasteiger partial charge is 0.495 e. The number of rotatable bonds is 8. The highest BCUT2D eigenvalue weighted by molar-refractivity contribution is 6.07. The van der Waals surface area contributed by atoms with Crippen molar-refractivity contribution in [1.29, 1.82) is 0 Å². The van der Waals surface area contributed by atoms with E-state index in [1.165, 1.54) is 0 Å². The molecule has 3 aromatic rings. The van der Waals surface area contributed by atoms with Gasteiger partial charge in [-0.05, 0) is 48.4 Å². The number of carbonyl (C=O) groups excluding carboxylic acids is 2. The third kappa shape index (κ3) is 5.45. The molecule has 2 unspecified atom stereocenters. The third-order valence-electron chi connectivity index (χ3n) is 6.93. The molecule has 3 N–H and O–H groups in total. The van der Waals surface area contributed by atoms with Crippen molar-refractivity contribution in [1.82, 2.24) is 5.32 Å². The van der Waals surface area contributed by atoms with Gasteiger partial charge in [0.2, 0.25) is 5.91 Å². The summed E-state index contributed by atoms with van der Waals surface area (Å²) in [5.41, 5.74) is 5.15. The predicted molar refractivity (Wildman–Crippen MR) is 145 cm³/mol. The Bertz CT molecular complexity index is 1290. The number of ketones is 1. The van der Waals surface area contributed by atoms with Gasteiger partial charge >= 0.3 is 0 Å². The quantitative estimate of drug-likeness (QED) is 0.407. The van der Waals surface area contributed by atoms with E-state index in [0.29, 0.717) is 30.9 Å².